The Labute approximate surface area is 103 Å². The van der Waals surface area contributed by atoms with Gasteiger partial charge in [0, 0.05) is 23.3 Å². The lowest BCUT2D eigenvalue weighted by Gasteiger charge is -2.12. The van der Waals surface area contributed by atoms with Gasteiger partial charge in [-0.25, -0.2) is 0 Å². The van der Waals surface area contributed by atoms with E-state index in [4.69, 9.17) is 0 Å². The van der Waals surface area contributed by atoms with Gasteiger partial charge in [0.15, 0.2) is 0 Å². The van der Waals surface area contributed by atoms with Crippen LogP contribution in [0.1, 0.15) is 42.6 Å². The molecule has 1 fully saturated rings. The van der Waals surface area contributed by atoms with E-state index in [-0.39, 0.29) is 11.9 Å². The molecule has 0 atom stereocenters. The number of aryl methyl sites for hydroxylation is 1. The summed E-state index contributed by atoms with van der Waals surface area (Å²) in [7, 11) is 0. The number of carbonyl (C=O) groups is 1. The Morgan fingerprint density at radius 1 is 1.35 bits per heavy atom. The zero-order valence-electron chi connectivity index (χ0n) is 10.7. The average molecular weight is 232 g/mol. The van der Waals surface area contributed by atoms with Crippen molar-refractivity contribution in [1.29, 1.82) is 0 Å². The topological polar surface area (TPSA) is 41.1 Å². The summed E-state index contributed by atoms with van der Waals surface area (Å²) in [6.45, 7) is 5.97. The number of carbonyl (C=O) groups excluding carboxylic acids is 1. The van der Waals surface area contributed by atoms with Crippen molar-refractivity contribution in [2.24, 2.45) is 0 Å². The molecule has 3 heteroatoms. The monoisotopic (exact) mass is 232 g/mol. The van der Waals surface area contributed by atoms with E-state index < -0.39 is 0 Å². The molecule has 0 unspecified atom stereocenters. The van der Waals surface area contributed by atoms with Crippen molar-refractivity contribution in [3.05, 3.63) is 29.3 Å². The van der Waals surface area contributed by atoms with Crippen LogP contribution in [-0.4, -0.2) is 18.0 Å². The van der Waals surface area contributed by atoms with Gasteiger partial charge < -0.3 is 10.6 Å². The summed E-state index contributed by atoms with van der Waals surface area (Å²) in [4.78, 5) is 11.8. The van der Waals surface area contributed by atoms with Gasteiger partial charge in [-0.05, 0) is 57.4 Å². The Balaban J connectivity index is 2.09. The van der Waals surface area contributed by atoms with E-state index in [0.717, 1.165) is 16.8 Å². The molecule has 0 bridgehead atoms. The van der Waals surface area contributed by atoms with E-state index in [1.54, 1.807) is 0 Å². The largest absolute Gasteiger partial charge is 0.382 e. The molecule has 0 radical (unpaired) electrons. The van der Waals surface area contributed by atoms with Crippen LogP contribution >= 0.6 is 0 Å². The fraction of sp³-hybridized carbons (Fsp3) is 0.500. The van der Waals surface area contributed by atoms with Gasteiger partial charge in [0.1, 0.15) is 0 Å². The number of nitrogens with one attached hydrogen (secondary N) is 2. The van der Waals surface area contributed by atoms with Gasteiger partial charge in [-0.15, -0.1) is 0 Å². The smallest absolute Gasteiger partial charge is 0.251 e. The number of rotatable bonds is 4. The summed E-state index contributed by atoms with van der Waals surface area (Å²) >= 11 is 0. The molecule has 2 N–H and O–H groups in total. The van der Waals surface area contributed by atoms with Crippen LogP contribution in [0.5, 0.6) is 0 Å². The van der Waals surface area contributed by atoms with Crippen molar-refractivity contribution in [1.82, 2.24) is 5.32 Å². The summed E-state index contributed by atoms with van der Waals surface area (Å²) < 4.78 is 0. The molecule has 1 aromatic carbocycles. The lowest BCUT2D eigenvalue weighted by Crippen LogP contribution is -2.30. The summed E-state index contributed by atoms with van der Waals surface area (Å²) in [5.41, 5.74) is 3.01. The third-order valence-electron chi connectivity index (χ3n) is 2.85. The molecule has 1 aliphatic rings. The number of amides is 1. The van der Waals surface area contributed by atoms with Crippen LogP contribution in [0.15, 0.2) is 18.2 Å². The molecule has 1 aromatic rings. The molecule has 1 amide bonds. The molecule has 0 heterocycles. The Morgan fingerprint density at radius 3 is 2.59 bits per heavy atom. The number of anilines is 1. The molecular formula is C14H20N2O. The molecular weight excluding hydrogens is 212 g/mol. The van der Waals surface area contributed by atoms with E-state index in [9.17, 15) is 4.79 Å². The van der Waals surface area contributed by atoms with Crippen LogP contribution in [0.2, 0.25) is 0 Å². The predicted molar refractivity (Wildman–Crippen MR) is 70.4 cm³/mol. The second-order valence-corrected chi connectivity index (χ2v) is 5.08. The van der Waals surface area contributed by atoms with Gasteiger partial charge in [0.2, 0.25) is 0 Å². The zero-order chi connectivity index (χ0) is 12.4. The fourth-order valence-corrected chi connectivity index (χ4v) is 1.76. The van der Waals surface area contributed by atoms with Crippen LogP contribution in [0.3, 0.4) is 0 Å². The lowest BCUT2D eigenvalue weighted by atomic mass is 10.1. The molecule has 1 aliphatic carbocycles. The summed E-state index contributed by atoms with van der Waals surface area (Å²) in [5.74, 6) is 0.000993. The SMILES string of the molecule is Cc1cc(C(=O)NC(C)C)ccc1NC1CC1. The van der Waals surface area contributed by atoms with E-state index in [0.29, 0.717) is 6.04 Å². The Hall–Kier alpha value is -1.51. The molecule has 17 heavy (non-hydrogen) atoms. The molecule has 0 saturated heterocycles. The first kappa shape index (κ1) is 12.0. The molecule has 0 spiro atoms. The molecule has 0 aliphatic heterocycles. The van der Waals surface area contributed by atoms with E-state index in [2.05, 4.69) is 10.6 Å². The summed E-state index contributed by atoms with van der Waals surface area (Å²) in [5, 5.41) is 6.36. The second kappa shape index (κ2) is 4.78. The normalized spacial score (nSPS) is 14.8. The van der Waals surface area contributed by atoms with Crippen LogP contribution in [0.25, 0.3) is 0 Å². The van der Waals surface area contributed by atoms with E-state index in [1.165, 1.54) is 12.8 Å². The van der Waals surface area contributed by atoms with E-state index >= 15 is 0 Å². The van der Waals surface area contributed by atoms with Gasteiger partial charge in [0.25, 0.3) is 5.91 Å². The van der Waals surface area contributed by atoms with Crippen molar-refractivity contribution in [2.75, 3.05) is 5.32 Å². The molecule has 1 saturated carbocycles. The van der Waals surface area contributed by atoms with Crippen LogP contribution in [-0.2, 0) is 0 Å². The third-order valence-corrected chi connectivity index (χ3v) is 2.85. The van der Waals surface area contributed by atoms with Gasteiger partial charge in [0.05, 0.1) is 0 Å². The van der Waals surface area contributed by atoms with E-state index in [1.807, 2.05) is 39.0 Å². The van der Waals surface area contributed by atoms with Crippen molar-refractivity contribution < 1.29 is 4.79 Å². The average Bonchev–Trinajstić information content (AvgIpc) is 3.04. The lowest BCUT2D eigenvalue weighted by molar-refractivity contribution is 0.0943. The maximum absolute atomic E-state index is 11.8. The van der Waals surface area contributed by atoms with Crippen molar-refractivity contribution >= 4 is 11.6 Å². The second-order valence-electron chi connectivity index (χ2n) is 5.08. The first-order valence-electron chi connectivity index (χ1n) is 6.24. The molecule has 3 nitrogen and oxygen atoms in total. The maximum atomic E-state index is 11.8. The molecule has 0 aromatic heterocycles. The standard InChI is InChI=1S/C14H20N2O/c1-9(2)15-14(17)11-4-7-13(10(3)8-11)16-12-5-6-12/h4,7-9,12,16H,5-6H2,1-3H3,(H,15,17). The van der Waals surface area contributed by atoms with Gasteiger partial charge >= 0.3 is 0 Å². The highest BCUT2D eigenvalue weighted by Gasteiger charge is 2.21. The first-order valence-corrected chi connectivity index (χ1v) is 6.24. The van der Waals surface area contributed by atoms with Crippen LogP contribution in [0, 0.1) is 6.92 Å². The highest BCUT2D eigenvalue weighted by Crippen LogP contribution is 2.26. The minimum Gasteiger partial charge on any atom is -0.382 e. The highest BCUT2D eigenvalue weighted by atomic mass is 16.1. The Kier molecular flexibility index (Phi) is 3.36. The van der Waals surface area contributed by atoms with Crippen LogP contribution < -0.4 is 10.6 Å². The van der Waals surface area contributed by atoms with Gasteiger partial charge in [-0.2, -0.15) is 0 Å². The molecule has 92 valence electrons. The molecule has 2 rings (SSSR count). The summed E-state index contributed by atoms with van der Waals surface area (Å²) in [6.07, 6.45) is 2.52. The number of hydrogen-bond donors (Lipinski definition) is 2. The van der Waals surface area contributed by atoms with Crippen LogP contribution in [0.4, 0.5) is 5.69 Å². The van der Waals surface area contributed by atoms with Crippen molar-refractivity contribution in [2.45, 2.75) is 45.7 Å². The number of hydrogen-bond acceptors (Lipinski definition) is 2. The first-order chi connectivity index (χ1) is 8.06. The number of benzene rings is 1. The maximum Gasteiger partial charge on any atom is 0.251 e. The zero-order valence-corrected chi connectivity index (χ0v) is 10.7. The van der Waals surface area contributed by atoms with Crippen molar-refractivity contribution in [3.8, 4) is 0 Å². The quantitative estimate of drug-likeness (QED) is 0.838. The van der Waals surface area contributed by atoms with Gasteiger partial charge in [-0.3, -0.25) is 4.79 Å². The Bertz CT molecular complexity index is 422. The minimum atomic E-state index is 0.000993. The highest BCUT2D eigenvalue weighted by molar-refractivity contribution is 5.95. The predicted octanol–water partition coefficient (Wildman–Crippen LogP) is 2.71. The summed E-state index contributed by atoms with van der Waals surface area (Å²) in [6, 6.07) is 6.65. The Morgan fingerprint density at radius 2 is 2.06 bits per heavy atom. The van der Waals surface area contributed by atoms with Crippen molar-refractivity contribution in [3.63, 3.8) is 0 Å². The third kappa shape index (κ3) is 3.22. The van der Waals surface area contributed by atoms with Gasteiger partial charge in [-0.1, -0.05) is 0 Å². The fourth-order valence-electron chi connectivity index (χ4n) is 1.76. The minimum absolute atomic E-state index is 0.000993.